The SMILES string of the molecule is COC(=O)NC(=Nc1cc(S(=O)c2ccccc2)ccc1NC(C)=O)NC(=O)C1CCCCC1. The van der Waals surface area contributed by atoms with Gasteiger partial charge in [0.05, 0.1) is 29.3 Å². The van der Waals surface area contributed by atoms with E-state index in [2.05, 4.69) is 25.7 Å². The Kier molecular flexibility index (Phi) is 8.92. The van der Waals surface area contributed by atoms with Gasteiger partial charge in [-0.3, -0.25) is 20.2 Å². The number of nitrogens with zero attached hydrogens (tertiary/aromatic N) is 1. The lowest BCUT2D eigenvalue weighted by atomic mass is 9.89. The number of guanidine groups is 1. The zero-order valence-electron chi connectivity index (χ0n) is 19.1. The van der Waals surface area contributed by atoms with E-state index >= 15 is 0 Å². The number of rotatable bonds is 5. The second-order valence-corrected chi connectivity index (χ2v) is 9.32. The van der Waals surface area contributed by atoms with Gasteiger partial charge in [0.1, 0.15) is 0 Å². The van der Waals surface area contributed by atoms with E-state index in [0.717, 1.165) is 32.1 Å². The molecule has 0 aliphatic heterocycles. The summed E-state index contributed by atoms with van der Waals surface area (Å²) < 4.78 is 17.7. The van der Waals surface area contributed by atoms with Gasteiger partial charge >= 0.3 is 6.09 Å². The summed E-state index contributed by atoms with van der Waals surface area (Å²) in [5.41, 5.74) is 0.546. The van der Waals surface area contributed by atoms with Crippen LogP contribution in [0.25, 0.3) is 0 Å². The molecule has 0 bridgehead atoms. The highest BCUT2D eigenvalue weighted by Gasteiger charge is 2.23. The van der Waals surface area contributed by atoms with Crippen LogP contribution in [0.3, 0.4) is 0 Å². The van der Waals surface area contributed by atoms with E-state index in [0.29, 0.717) is 15.5 Å². The van der Waals surface area contributed by atoms with Crippen molar-refractivity contribution in [2.45, 2.75) is 48.8 Å². The van der Waals surface area contributed by atoms with Gasteiger partial charge in [-0.25, -0.2) is 14.0 Å². The number of ether oxygens (including phenoxy) is 1. The minimum atomic E-state index is -1.50. The molecular weight excluding hydrogens is 456 g/mol. The van der Waals surface area contributed by atoms with E-state index in [4.69, 9.17) is 0 Å². The first-order valence-electron chi connectivity index (χ1n) is 11.0. The average Bonchev–Trinajstić information content (AvgIpc) is 2.85. The molecule has 0 aromatic heterocycles. The minimum absolute atomic E-state index is 0.142. The molecule has 3 N–H and O–H groups in total. The van der Waals surface area contributed by atoms with E-state index < -0.39 is 16.9 Å². The predicted octanol–water partition coefficient (Wildman–Crippen LogP) is 3.85. The fraction of sp³-hybridized carbons (Fsp3) is 0.333. The van der Waals surface area contributed by atoms with Crippen LogP contribution in [0.4, 0.5) is 16.2 Å². The quantitative estimate of drug-likeness (QED) is 0.439. The number of aliphatic imine (C=N–C) groups is 1. The molecule has 0 heterocycles. The van der Waals surface area contributed by atoms with E-state index in [1.54, 1.807) is 42.5 Å². The van der Waals surface area contributed by atoms with E-state index in [9.17, 15) is 18.6 Å². The number of carbonyl (C=O) groups is 3. The van der Waals surface area contributed by atoms with E-state index in [1.165, 1.54) is 14.0 Å². The molecule has 0 spiro atoms. The second kappa shape index (κ2) is 12.1. The Balaban J connectivity index is 1.98. The van der Waals surface area contributed by atoms with Crippen LogP contribution in [0.2, 0.25) is 0 Å². The zero-order valence-corrected chi connectivity index (χ0v) is 19.9. The molecule has 1 saturated carbocycles. The first-order valence-corrected chi connectivity index (χ1v) is 12.2. The zero-order chi connectivity index (χ0) is 24.5. The van der Waals surface area contributed by atoms with Gasteiger partial charge in [0.2, 0.25) is 17.8 Å². The molecule has 2 aromatic carbocycles. The van der Waals surface area contributed by atoms with Crippen LogP contribution < -0.4 is 16.0 Å². The number of amides is 3. The lowest BCUT2D eigenvalue weighted by Crippen LogP contribution is -2.46. The van der Waals surface area contributed by atoms with Gasteiger partial charge in [0.15, 0.2) is 0 Å². The highest BCUT2D eigenvalue weighted by atomic mass is 32.2. The molecular formula is C24H28N4O5S. The molecule has 2 aromatic rings. The molecule has 180 valence electrons. The topological polar surface area (TPSA) is 126 Å². The monoisotopic (exact) mass is 484 g/mol. The summed E-state index contributed by atoms with van der Waals surface area (Å²) in [6.45, 7) is 1.35. The van der Waals surface area contributed by atoms with Crippen molar-refractivity contribution in [1.29, 1.82) is 0 Å². The van der Waals surface area contributed by atoms with Gasteiger partial charge in [0.25, 0.3) is 0 Å². The summed E-state index contributed by atoms with van der Waals surface area (Å²) in [6, 6.07) is 13.6. The fourth-order valence-electron chi connectivity index (χ4n) is 3.63. The van der Waals surface area contributed by atoms with Gasteiger partial charge in [-0.15, -0.1) is 0 Å². The molecule has 0 saturated heterocycles. The third-order valence-electron chi connectivity index (χ3n) is 5.31. The van der Waals surface area contributed by atoms with Crippen LogP contribution >= 0.6 is 0 Å². The smallest absolute Gasteiger partial charge is 0.413 e. The van der Waals surface area contributed by atoms with Crippen LogP contribution in [0.5, 0.6) is 0 Å². The highest BCUT2D eigenvalue weighted by Crippen LogP contribution is 2.30. The number of benzene rings is 2. The number of nitrogens with one attached hydrogen (secondary N) is 3. The highest BCUT2D eigenvalue weighted by molar-refractivity contribution is 7.85. The number of hydrogen-bond donors (Lipinski definition) is 3. The Hall–Kier alpha value is -3.53. The van der Waals surface area contributed by atoms with Crippen LogP contribution in [0.15, 0.2) is 63.3 Å². The predicted molar refractivity (Wildman–Crippen MR) is 129 cm³/mol. The number of methoxy groups -OCH3 is 1. The summed E-state index contributed by atoms with van der Waals surface area (Å²) in [6.07, 6.45) is 3.74. The summed E-state index contributed by atoms with van der Waals surface area (Å²) in [4.78, 5) is 41.9. The molecule has 0 radical (unpaired) electrons. The average molecular weight is 485 g/mol. The molecule has 1 fully saturated rings. The molecule has 1 unspecified atom stereocenters. The first-order chi connectivity index (χ1) is 16.4. The van der Waals surface area contributed by atoms with Gasteiger partial charge in [-0.2, -0.15) is 0 Å². The van der Waals surface area contributed by atoms with Crippen molar-refractivity contribution in [2.75, 3.05) is 12.4 Å². The molecule has 34 heavy (non-hydrogen) atoms. The van der Waals surface area contributed by atoms with Gasteiger partial charge < -0.3 is 10.1 Å². The van der Waals surface area contributed by atoms with Crippen molar-refractivity contribution in [2.24, 2.45) is 10.9 Å². The maximum Gasteiger partial charge on any atom is 0.413 e. The second-order valence-electron chi connectivity index (χ2n) is 7.84. The third kappa shape index (κ3) is 6.98. The Morgan fingerprint density at radius 3 is 2.32 bits per heavy atom. The van der Waals surface area contributed by atoms with Crippen LogP contribution in [-0.2, 0) is 25.1 Å². The largest absolute Gasteiger partial charge is 0.453 e. The van der Waals surface area contributed by atoms with Crippen molar-refractivity contribution >= 4 is 46.0 Å². The Bertz CT molecular complexity index is 1100. The van der Waals surface area contributed by atoms with E-state index in [-0.39, 0.29) is 29.4 Å². The maximum absolute atomic E-state index is 13.0. The van der Waals surface area contributed by atoms with Crippen LogP contribution in [0, 0.1) is 5.92 Å². The third-order valence-corrected chi connectivity index (χ3v) is 6.69. The Labute approximate surface area is 200 Å². The first kappa shape index (κ1) is 25.1. The summed E-state index contributed by atoms with van der Waals surface area (Å²) >= 11 is 0. The van der Waals surface area contributed by atoms with Crippen molar-refractivity contribution in [1.82, 2.24) is 10.6 Å². The molecule has 1 atom stereocenters. The fourth-order valence-corrected chi connectivity index (χ4v) is 4.72. The number of hydrogen-bond acceptors (Lipinski definition) is 6. The summed E-state index contributed by atoms with van der Waals surface area (Å²) in [7, 11) is -0.304. The van der Waals surface area contributed by atoms with Gasteiger partial charge in [-0.1, -0.05) is 37.5 Å². The molecule has 1 aliphatic carbocycles. The lowest BCUT2D eigenvalue weighted by Gasteiger charge is -2.21. The minimum Gasteiger partial charge on any atom is -0.453 e. The van der Waals surface area contributed by atoms with Crippen molar-refractivity contribution in [3.8, 4) is 0 Å². The van der Waals surface area contributed by atoms with Crippen molar-refractivity contribution in [3.63, 3.8) is 0 Å². The van der Waals surface area contributed by atoms with Gasteiger partial charge in [0, 0.05) is 22.6 Å². The molecule has 3 rings (SSSR count). The number of carbonyl (C=O) groups excluding carboxylic acids is 3. The Morgan fingerprint density at radius 2 is 1.68 bits per heavy atom. The Morgan fingerprint density at radius 1 is 0.971 bits per heavy atom. The maximum atomic E-state index is 13.0. The summed E-state index contributed by atoms with van der Waals surface area (Å²) in [5, 5.41) is 7.75. The molecule has 10 heteroatoms. The number of anilines is 1. The molecule has 1 aliphatic rings. The standard InChI is InChI=1S/C24H28N4O5S/c1-16(29)25-20-14-13-19(34(32)18-11-7-4-8-12-18)15-21(20)26-23(28-24(31)33-2)27-22(30)17-9-5-3-6-10-17/h4,7-8,11-15,17H,3,5-6,9-10H2,1-2H3,(H,25,29)(H2,26,27,28,30,31). The van der Waals surface area contributed by atoms with Crippen molar-refractivity contribution in [3.05, 3.63) is 48.5 Å². The van der Waals surface area contributed by atoms with Gasteiger partial charge in [-0.05, 0) is 43.2 Å². The van der Waals surface area contributed by atoms with Crippen LogP contribution in [0.1, 0.15) is 39.0 Å². The lowest BCUT2D eigenvalue weighted by molar-refractivity contribution is -0.124. The molecule has 9 nitrogen and oxygen atoms in total. The van der Waals surface area contributed by atoms with E-state index in [1.807, 2.05) is 6.07 Å². The van der Waals surface area contributed by atoms with Crippen molar-refractivity contribution < 1.29 is 23.3 Å². The molecule has 3 amide bonds. The number of alkyl carbamates (subject to hydrolysis) is 1. The van der Waals surface area contributed by atoms with Crippen LogP contribution in [-0.4, -0.2) is 35.2 Å². The summed E-state index contributed by atoms with van der Waals surface area (Å²) in [5.74, 6) is -0.899. The normalized spacial score (nSPS) is 15.2.